The van der Waals surface area contributed by atoms with Gasteiger partial charge in [0.1, 0.15) is 5.76 Å². The Hall–Kier alpha value is -0.790. The fourth-order valence-electron chi connectivity index (χ4n) is 3.00. The maximum atomic E-state index is 11.9. The Morgan fingerprint density at radius 3 is 2.00 bits per heavy atom. The molecular weight excluding hydrogens is 272 g/mol. The van der Waals surface area contributed by atoms with Crippen LogP contribution in [-0.2, 0) is 9.53 Å². The van der Waals surface area contributed by atoms with Gasteiger partial charge in [-0.15, -0.1) is 0 Å². The van der Waals surface area contributed by atoms with E-state index in [0.717, 1.165) is 18.6 Å². The average Bonchev–Trinajstić information content (AvgIpc) is 2.47. The first-order valence-corrected chi connectivity index (χ1v) is 9.52. The molecule has 0 aromatic rings. The van der Waals surface area contributed by atoms with Gasteiger partial charge in [0.15, 0.2) is 0 Å². The van der Waals surface area contributed by atoms with E-state index in [1.807, 2.05) is 13.8 Å². The van der Waals surface area contributed by atoms with Crippen molar-refractivity contribution in [2.75, 3.05) is 0 Å². The van der Waals surface area contributed by atoms with Crippen molar-refractivity contribution >= 4 is 5.97 Å². The highest BCUT2D eigenvalue weighted by Gasteiger charge is 2.13. The van der Waals surface area contributed by atoms with E-state index in [0.29, 0.717) is 5.92 Å². The molecule has 1 atom stereocenters. The number of carbonyl (C=O) groups excluding carboxylic acids is 1. The maximum absolute atomic E-state index is 11.9. The number of hydrogen-bond acceptors (Lipinski definition) is 2. The molecule has 0 saturated heterocycles. The van der Waals surface area contributed by atoms with E-state index in [1.165, 1.54) is 64.2 Å². The van der Waals surface area contributed by atoms with E-state index in [1.54, 1.807) is 0 Å². The minimum Gasteiger partial charge on any atom is -0.431 e. The molecule has 1 unspecified atom stereocenters. The van der Waals surface area contributed by atoms with Gasteiger partial charge in [-0.05, 0) is 24.8 Å². The van der Waals surface area contributed by atoms with E-state index in [9.17, 15) is 4.79 Å². The number of allylic oxidation sites excluding steroid dienone is 2. The van der Waals surface area contributed by atoms with Crippen molar-refractivity contribution in [1.29, 1.82) is 0 Å². The molecule has 0 aromatic heterocycles. The summed E-state index contributed by atoms with van der Waals surface area (Å²) in [4.78, 5) is 11.9. The van der Waals surface area contributed by atoms with Crippen molar-refractivity contribution in [3.8, 4) is 0 Å². The predicted octanol–water partition coefficient (Wildman–Crippen LogP) is 6.40. The molecular formula is C20H36O2. The Morgan fingerprint density at radius 2 is 1.45 bits per heavy atom. The van der Waals surface area contributed by atoms with Gasteiger partial charge in [-0.1, -0.05) is 78.6 Å². The zero-order valence-corrected chi connectivity index (χ0v) is 15.0. The lowest BCUT2D eigenvalue weighted by atomic mass is 10.0. The molecule has 0 saturated carbocycles. The molecule has 22 heavy (non-hydrogen) atoms. The molecule has 0 aliphatic heterocycles. The Morgan fingerprint density at radius 1 is 0.955 bits per heavy atom. The minimum atomic E-state index is -0.0867. The number of hydrogen-bond donors (Lipinski definition) is 0. The molecule has 0 aromatic carbocycles. The van der Waals surface area contributed by atoms with Crippen LogP contribution in [0, 0.1) is 11.8 Å². The van der Waals surface area contributed by atoms with Gasteiger partial charge < -0.3 is 4.74 Å². The van der Waals surface area contributed by atoms with E-state index in [4.69, 9.17) is 4.74 Å². The van der Waals surface area contributed by atoms with Crippen LogP contribution < -0.4 is 0 Å². The molecule has 0 amide bonds. The second-order valence-corrected chi connectivity index (χ2v) is 7.26. The van der Waals surface area contributed by atoms with Crippen molar-refractivity contribution < 1.29 is 9.53 Å². The summed E-state index contributed by atoms with van der Waals surface area (Å²) >= 11 is 0. The normalized spacial score (nSPS) is 25.6. The van der Waals surface area contributed by atoms with Crippen LogP contribution in [-0.4, -0.2) is 5.97 Å². The first kappa shape index (κ1) is 19.3. The third kappa shape index (κ3) is 9.27. The van der Waals surface area contributed by atoms with Crippen molar-refractivity contribution in [3.63, 3.8) is 0 Å². The Kier molecular flexibility index (Phi) is 10.3. The fourth-order valence-corrected chi connectivity index (χ4v) is 3.00. The van der Waals surface area contributed by atoms with Gasteiger partial charge in [0, 0.05) is 6.42 Å². The summed E-state index contributed by atoms with van der Waals surface area (Å²) in [5.41, 5.74) is 0. The predicted molar refractivity (Wildman–Crippen MR) is 93.6 cm³/mol. The molecule has 1 rings (SSSR count). The third-order valence-electron chi connectivity index (χ3n) is 4.51. The van der Waals surface area contributed by atoms with E-state index in [2.05, 4.69) is 13.0 Å². The molecule has 2 heteroatoms. The van der Waals surface area contributed by atoms with Crippen molar-refractivity contribution in [2.45, 2.75) is 97.8 Å². The van der Waals surface area contributed by atoms with E-state index in [-0.39, 0.29) is 11.9 Å². The van der Waals surface area contributed by atoms with Crippen LogP contribution in [0.1, 0.15) is 97.8 Å². The molecule has 0 radical (unpaired) electrons. The number of esters is 1. The summed E-state index contributed by atoms with van der Waals surface area (Å²) in [6, 6.07) is 0. The summed E-state index contributed by atoms with van der Waals surface area (Å²) in [6.45, 7) is 6.05. The quantitative estimate of drug-likeness (QED) is 0.552. The number of carbonyl (C=O) groups is 1. The second kappa shape index (κ2) is 11.7. The molecule has 2 nitrogen and oxygen atoms in total. The molecule has 0 bridgehead atoms. The number of rotatable bonds is 2. The van der Waals surface area contributed by atoms with Crippen LogP contribution in [0.25, 0.3) is 0 Å². The van der Waals surface area contributed by atoms with Gasteiger partial charge in [-0.2, -0.15) is 0 Å². The molecule has 0 heterocycles. The van der Waals surface area contributed by atoms with Crippen LogP contribution >= 0.6 is 0 Å². The van der Waals surface area contributed by atoms with E-state index < -0.39 is 0 Å². The van der Waals surface area contributed by atoms with Crippen molar-refractivity contribution in [2.24, 2.45) is 11.8 Å². The lowest BCUT2D eigenvalue weighted by Crippen LogP contribution is -2.12. The topological polar surface area (TPSA) is 26.3 Å². The minimum absolute atomic E-state index is 0.0483. The highest BCUT2D eigenvalue weighted by Crippen LogP contribution is 2.21. The smallest absolute Gasteiger partial charge is 0.313 e. The van der Waals surface area contributed by atoms with Gasteiger partial charge in [-0.3, -0.25) is 4.79 Å². The molecule has 0 spiro atoms. The standard InChI is InChI=1S/C20H36O2/c1-17(2)20(21)22-19-15-13-11-9-7-5-4-6-8-10-12-14-18(3)16-19/h16-18H,4-15H2,1-3H3/b19-16+. The monoisotopic (exact) mass is 308 g/mol. The van der Waals surface area contributed by atoms with E-state index >= 15 is 0 Å². The Bertz CT molecular complexity index is 331. The van der Waals surface area contributed by atoms with Crippen LogP contribution in [0.15, 0.2) is 11.8 Å². The maximum Gasteiger partial charge on any atom is 0.313 e. The Balaban J connectivity index is 2.56. The van der Waals surface area contributed by atoms with Gasteiger partial charge in [0.25, 0.3) is 0 Å². The zero-order chi connectivity index (χ0) is 16.2. The Labute approximate surface area is 137 Å². The lowest BCUT2D eigenvalue weighted by molar-refractivity contribution is -0.143. The highest BCUT2D eigenvalue weighted by atomic mass is 16.5. The zero-order valence-electron chi connectivity index (χ0n) is 15.0. The van der Waals surface area contributed by atoms with Gasteiger partial charge in [0.2, 0.25) is 0 Å². The third-order valence-corrected chi connectivity index (χ3v) is 4.51. The van der Waals surface area contributed by atoms with Gasteiger partial charge in [-0.25, -0.2) is 0 Å². The largest absolute Gasteiger partial charge is 0.431 e. The summed E-state index contributed by atoms with van der Waals surface area (Å²) in [5.74, 6) is 1.30. The molecule has 0 fully saturated rings. The molecule has 128 valence electrons. The fraction of sp³-hybridized carbons (Fsp3) is 0.850. The summed E-state index contributed by atoms with van der Waals surface area (Å²) in [5, 5.41) is 0. The van der Waals surface area contributed by atoms with Crippen molar-refractivity contribution in [3.05, 3.63) is 11.8 Å². The van der Waals surface area contributed by atoms with Crippen molar-refractivity contribution in [1.82, 2.24) is 0 Å². The lowest BCUT2D eigenvalue weighted by Gasteiger charge is -2.13. The first-order valence-electron chi connectivity index (χ1n) is 9.52. The highest BCUT2D eigenvalue weighted by molar-refractivity contribution is 5.72. The number of ether oxygens (including phenoxy) is 1. The summed E-state index contributed by atoms with van der Waals surface area (Å²) in [7, 11) is 0. The van der Waals surface area contributed by atoms with Crippen LogP contribution in [0.4, 0.5) is 0 Å². The average molecular weight is 309 g/mol. The SMILES string of the molecule is CC1/C=C(/OC(=O)C(C)C)CCCCCCCCCCCC1. The summed E-state index contributed by atoms with van der Waals surface area (Å²) < 4.78 is 5.63. The van der Waals surface area contributed by atoms with Crippen LogP contribution in [0.2, 0.25) is 0 Å². The first-order chi connectivity index (χ1) is 10.6. The van der Waals surface area contributed by atoms with Gasteiger partial charge in [0.05, 0.1) is 5.92 Å². The van der Waals surface area contributed by atoms with Gasteiger partial charge >= 0.3 is 5.97 Å². The molecule has 1 aliphatic rings. The second-order valence-electron chi connectivity index (χ2n) is 7.26. The van der Waals surface area contributed by atoms with Crippen LogP contribution in [0.3, 0.4) is 0 Å². The molecule has 0 N–H and O–H groups in total. The van der Waals surface area contributed by atoms with Crippen LogP contribution in [0.5, 0.6) is 0 Å². The summed E-state index contributed by atoms with van der Waals surface area (Å²) in [6.07, 6.45) is 17.6. The molecule has 1 aliphatic carbocycles.